The maximum absolute atomic E-state index is 13.7. The number of nitro benzene ring substituents is 1. The first kappa shape index (κ1) is 17.3. The van der Waals surface area contributed by atoms with Gasteiger partial charge in [0.05, 0.1) is 23.1 Å². The molecule has 2 atom stereocenters. The molecule has 6 nitrogen and oxygen atoms in total. The van der Waals surface area contributed by atoms with E-state index in [9.17, 15) is 19.3 Å². The fourth-order valence-electron chi connectivity index (χ4n) is 1.46. The number of hydrogen-bond acceptors (Lipinski definition) is 5. The highest BCUT2D eigenvalue weighted by Crippen LogP contribution is 2.27. The van der Waals surface area contributed by atoms with Crippen molar-refractivity contribution in [3.05, 3.63) is 39.9 Å². The van der Waals surface area contributed by atoms with E-state index in [0.717, 1.165) is 0 Å². The first-order valence-corrected chi connectivity index (χ1v) is 5.28. The molecule has 8 heteroatoms. The predicted molar refractivity (Wildman–Crippen MR) is 68.8 cm³/mol. The first-order chi connectivity index (χ1) is 8.49. The fraction of sp³-hybridized carbons (Fsp3) is 0.364. The maximum atomic E-state index is 13.7. The van der Waals surface area contributed by atoms with E-state index in [1.165, 1.54) is 31.2 Å². The van der Waals surface area contributed by atoms with Gasteiger partial charge in [0.15, 0.2) is 0 Å². The summed E-state index contributed by atoms with van der Waals surface area (Å²) in [5.41, 5.74) is 5.17. The summed E-state index contributed by atoms with van der Waals surface area (Å²) in [4.78, 5) is 21.3. The molecule has 0 fully saturated rings. The number of carbonyl (C=O) groups is 1. The number of hydrogen-bond donors (Lipinski definition) is 1. The van der Waals surface area contributed by atoms with Gasteiger partial charge in [0.1, 0.15) is 0 Å². The number of benzene rings is 1. The summed E-state index contributed by atoms with van der Waals surface area (Å²) in [5, 5.41) is 10.8. The highest BCUT2D eigenvalue weighted by molar-refractivity contribution is 5.85. The number of halogens is 2. The molecular weight excluding hydrogens is 279 g/mol. The quantitative estimate of drug-likeness (QED) is 0.508. The van der Waals surface area contributed by atoms with Crippen molar-refractivity contribution in [2.24, 2.45) is 5.73 Å². The van der Waals surface area contributed by atoms with E-state index in [-0.39, 0.29) is 30.3 Å². The molecule has 1 rings (SSSR count). The van der Waals surface area contributed by atoms with E-state index in [1.54, 1.807) is 0 Å². The minimum Gasteiger partial charge on any atom is -0.464 e. The summed E-state index contributed by atoms with van der Waals surface area (Å²) in [6.07, 6.45) is -2.13. The van der Waals surface area contributed by atoms with Gasteiger partial charge in [-0.3, -0.25) is 10.1 Å². The van der Waals surface area contributed by atoms with Gasteiger partial charge in [-0.25, -0.2) is 9.18 Å². The number of para-hydroxylation sites is 1. The third-order valence-corrected chi connectivity index (χ3v) is 2.32. The minimum atomic E-state index is -2.13. The molecule has 0 bridgehead atoms. The molecular formula is C11H14ClFN2O4. The topological polar surface area (TPSA) is 95.5 Å². The molecule has 1 aromatic rings. The lowest BCUT2D eigenvalue weighted by Gasteiger charge is -2.15. The molecule has 0 amide bonds. The van der Waals surface area contributed by atoms with Crippen LogP contribution in [-0.2, 0) is 9.53 Å². The number of carbonyl (C=O) groups excluding carboxylic acids is 1. The van der Waals surface area contributed by atoms with Crippen LogP contribution >= 0.6 is 12.4 Å². The summed E-state index contributed by atoms with van der Waals surface area (Å²) < 4.78 is 18.2. The van der Waals surface area contributed by atoms with Crippen molar-refractivity contribution in [2.75, 3.05) is 6.61 Å². The van der Waals surface area contributed by atoms with Crippen molar-refractivity contribution in [3.63, 3.8) is 0 Å². The van der Waals surface area contributed by atoms with Gasteiger partial charge in [-0.05, 0) is 6.92 Å². The average Bonchev–Trinajstić information content (AvgIpc) is 2.37. The second-order valence-corrected chi connectivity index (χ2v) is 3.50. The van der Waals surface area contributed by atoms with Gasteiger partial charge in [0.25, 0.3) is 5.69 Å². The Labute approximate surface area is 115 Å². The van der Waals surface area contributed by atoms with Crippen LogP contribution in [0.15, 0.2) is 24.3 Å². The summed E-state index contributed by atoms with van der Waals surface area (Å²) in [5.74, 6) is -1.12. The average molecular weight is 293 g/mol. The maximum Gasteiger partial charge on any atom is 0.342 e. The van der Waals surface area contributed by atoms with Gasteiger partial charge in [-0.2, -0.15) is 0 Å². The number of esters is 1. The van der Waals surface area contributed by atoms with E-state index in [4.69, 9.17) is 5.73 Å². The van der Waals surface area contributed by atoms with Crippen molar-refractivity contribution < 1.29 is 18.8 Å². The Morgan fingerprint density at radius 3 is 2.63 bits per heavy atom. The zero-order valence-electron chi connectivity index (χ0n) is 10.1. The molecule has 0 radical (unpaired) electrons. The van der Waals surface area contributed by atoms with Gasteiger partial charge in [0, 0.05) is 6.07 Å². The molecule has 1 unspecified atom stereocenters. The van der Waals surface area contributed by atoms with E-state index in [1.807, 2.05) is 0 Å². The first-order valence-electron chi connectivity index (χ1n) is 5.28. The van der Waals surface area contributed by atoms with E-state index >= 15 is 0 Å². The SMILES string of the molecule is CCOC(=O)C(F)[C@H](N)c1ccccc1[N+](=O)[O-].Cl. The fourth-order valence-corrected chi connectivity index (χ4v) is 1.46. The lowest BCUT2D eigenvalue weighted by atomic mass is 10.0. The Balaban J connectivity index is 0.00000324. The van der Waals surface area contributed by atoms with Gasteiger partial charge in [-0.15, -0.1) is 12.4 Å². The third-order valence-electron chi connectivity index (χ3n) is 2.32. The van der Waals surface area contributed by atoms with Crippen LogP contribution in [0.4, 0.5) is 10.1 Å². The van der Waals surface area contributed by atoms with Crippen molar-refractivity contribution >= 4 is 24.1 Å². The molecule has 0 aliphatic heterocycles. The summed E-state index contributed by atoms with van der Waals surface area (Å²) in [7, 11) is 0. The number of ether oxygens (including phenoxy) is 1. The minimum absolute atomic E-state index is 0. The highest BCUT2D eigenvalue weighted by Gasteiger charge is 2.31. The molecule has 1 aromatic carbocycles. The van der Waals surface area contributed by atoms with Crippen LogP contribution in [-0.4, -0.2) is 23.7 Å². The molecule has 0 saturated heterocycles. The number of rotatable bonds is 5. The van der Waals surface area contributed by atoms with Crippen molar-refractivity contribution in [1.29, 1.82) is 0 Å². The Morgan fingerprint density at radius 1 is 1.53 bits per heavy atom. The summed E-state index contributed by atoms with van der Waals surface area (Å²) in [6, 6.07) is 4.01. The molecule has 106 valence electrons. The van der Waals surface area contributed by atoms with E-state index < -0.39 is 23.1 Å². The Bertz CT molecular complexity index is 458. The van der Waals surface area contributed by atoms with Crippen molar-refractivity contribution in [3.8, 4) is 0 Å². The molecule has 0 spiro atoms. The van der Waals surface area contributed by atoms with Crippen molar-refractivity contribution in [2.45, 2.75) is 19.1 Å². The van der Waals surface area contributed by atoms with E-state index in [0.29, 0.717) is 0 Å². The third kappa shape index (κ3) is 4.15. The molecule has 0 aromatic heterocycles. The summed E-state index contributed by atoms with van der Waals surface area (Å²) >= 11 is 0. The number of nitrogens with zero attached hydrogens (tertiary/aromatic N) is 1. The highest BCUT2D eigenvalue weighted by atomic mass is 35.5. The molecule has 0 aliphatic rings. The van der Waals surface area contributed by atoms with Crippen LogP contribution in [0.1, 0.15) is 18.5 Å². The van der Waals surface area contributed by atoms with Crippen LogP contribution in [0.3, 0.4) is 0 Å². The monoisotopic (exact) mass is 292 g/mol. The Morgan fingerprint density at radius 2 is 2.11 bits per heavy atom. The van der Waals surface area contributed by atoms with Crippen LogP contribution in [0.5, 0.6) is 0 Å². The zero-order valence-corrected chi connectivity index (χ0v) is 10.9. The zero-order chi connectivity index (χ0) is 13.7. The normalized spacial score (nSPS) is 13.0. The lowest BCUT2D eigenvalue weighted by Crippen LogP contribution is -2.32. The predicted octanol–water partition coefficient (Wildman–Crippen LogP) is 1.92. The van der Waals surface area contributed by atoms with Crippen LogP contribution in [0.2, 0.25) is 0 Å². The second-order valence-electron chi connectivity index (χ2n) is 3.50. The molecule has 0 heterocycles. The number of alkyl halides is 1. The number of nitrogens with two attached hydrogens (primary N) is 1. The van der Waals surface area contributed by atoms with Crippen LogP contribution in [0.25, 0.3) is 0 Å². The lowest BCUT2D eigenvalue weighted by molar-refractivity contribution is -0.385. The van der Waals surface area contributed by atoms with Gasteiger partial charge in [-0.1, -0.05) is 18.2 Å². The van der Waals surface area contributed by atoms with Crippen LogP contribution < -0.4 is 5.73 Å². The Hall–Kier alpha value is -1.73. The molecule has 2 N–H and O–H groups in total. The van der Waals surface area contributed by atoms with Crippen LogP contribution in [0, 0.1) is 10.1 Å². The molecule has 0 aliphatic carbocycles. The van der Waals surface area contributed by atoms with Gasteiger partial charge >= 0.3 is 5.97 Å². The standard InChI is InChI=1S/C11H13FN2O4.ClH/c1-2-18-11(15)9(12)10(13)7-5-3-4-6-8(7)14(16)17;/h3-6,9-10H,2,13H2,1H3;1H/t9?,10-;/m1./s1. The van der Waals surface area contributed by atoms with E-state index in [2.05, 4.69) is 4.74 Å². The number of nitro groups is 1. The molecule has 19 heavy (non-hydrogen) atoms. The van der Waals surface area contributed by atoms with Crippen molar-refractivity contribution in [1.82, 2.24) is 0 Å². The Kier molecular flexibility index (Phi) is 6.95. The smallest absolute Gasteiger partial charge is 0.342 e. The van der Waals surface area contributed by atoms with Gasteiger partial charge in [0.2, 0.25) is 6.17 Å². The van der Waals surface area contributed by atoms with Gasteiger partial charge < -0.3 is 10.5 Å². The largest absolute Gasteiger partial charge is 0.464 e. The second kappa shape index (κ2) is 7.65. The molecule has 0 saturated carbocycles. The summed E-state index contributed by atoms with van der Waals surface area (Å²) in [6.45, 7) is 1.55.